The molecular formula is C15H12Br2FNO2. The Labute approximate surface area is 138 Å². The van der Waals surface area contributed by atoms with Crippen molar-refractivity contribution in [2.75, 3.05) is 11.9 Å². The lowest BCUT2D eigenvalue weighted by Crippen LogP contribution is -2.20. The molecule has 0 saturated carbocycles. The molecular weight excluding hydrogens is 405 g/mol. The molecule has 1 amide bonds. The fourth-order valence-electron chi connectivity index (χ4n) is 1.69. The topological polar surface area (TPSA) is 38.3 Å². The number of halogens is 3. The summed E-state index contributed by atoms with van der Waals surface area (Å²) in [7, 11) is 0. The van der Waals surface area contributed by atoms with Crippen LogP contribution in [0.4, 0.5) is 10.1 Å². The molecule has 0 unspecified atom stereocenters. The number of hydrogen-bond acceptors (Lipinski definition) is 2. The second-order valence-corrected chi connectivity index (χ2v) is 6.20. The maximum atomic E-state index is 13.5. The molecule has 2 aromatic carbocycles. The summed E-state index contributed by atoms with van der Waals surface area (Å²) in [5.41, 5.74) is 1.62. The van der Waals surface area contributed by atoms with Crippen LogP contribution in [0.1, 0.15) is 5.56 Å². The van der Waals surface area contributed by atoms with Gasteiger partial charge < -0.3 is 10.1 Å². The van der Waals surface area contributed by atoms with Crippen LogP contribution in [0.5, 0.6) is 5.75 Å². The smallest absolute Gasteiger partial charge is 0.262 e. The fourth-order valence-corrected chi connectivity index (χ4v) is 2.50. The number of carbonyl (C=O) groups excluding carboxylic acids is 1. The summed E-state index contributed by atoms with van der Waals surface area (Å²) in [6.45, 7) is 1.63. The van der Waals surface area contributed by atoms with Gasteiger partial charge in [-0.25, -0.2) is 4.39 Å². The van der Waals surface area contributed by atoms with Gasteiger partial charge in [0.25, 0.3) is 5.91 Å². The molecule has 1 N–H and O–H groups in total. The summed E-state index contributed by atoms with van der Waals surface area (Å²) in [6, 6.07) is 9.92. The van der Waals surface area contributed by atoms with Crippen LogP contribution in [0, 0.1) is 12.7 Å². The molecule has 0 aliphatic heterocycles. The van der Waals surface area contributed by atoms with Crippen LogP contribution >= 0.6 is 31.9 Å². The first-order valence-corrected chi connectivity index (χ1v) is 7.68. The number of benzene rings is 2. The third kappa shape index (κ3) is 4.54. The number of hydrogen-bond donors (Lipinski definition) is 1. The van der Waals surface area contributed by atoms with Gasteiger partial charge in [-0.05, 0) is 48.9 Å². The van der Waals surface area contributed by atoms with Gasteiger partial charge in [-0.3, -0.25) is 4.79 Å². The average Bonchev–Trinajstić information content (AvgIpc) is 2.41. The third-order valence-electron chi connectivity index (χ3n) is 2.72. The van der Waals surface area contributed by atoms with Gasteiger partial charge in [0, 0.05) is 14.6 Å². The predicted octanol–water partition coefficient (Wildman–Crippen LogP) is 4.68. The number of carbonyl (C=O) groups is 1. The van der Waals surface area contributed by atoms with Crippen LogP contribution in [0.3, 0.4) is 0 Å². The molecule has 0 bridgehead atoms. The van der Waals surface area contributed by atoms with E-state index in [2.05, 4.69) is 37.2 Å². The van der Waals surface area contributed by atoms with E-state index >= 15 is 0 Å². The minimum Gasteiger partial charge on any atom is -0.481 e. The van der Waals surface area contributed by atoms with Crippen LogP contribution in [-0.4, -0.2) is 12.5 Å². The normalized spacial score (nSPS) is 10.3. The molecule has 2 rings (SSSR count). The first kappa shape index (κ1) is 16.0. The maximum absolute atomic E-state index is 13.5. The van der Waals surface area contributed by atoms with Crippen molar-refractivity contribution in [1.82, 2.24) is 0 Å². The fraction of sp³-hybridized carbons (Fsp3) is 0.133. The monoisotopic (exact) mass is 415 g/mol. The summed E-state index contributed by atoms with van der Waals surface area (Å²) in [4.78, 5) is 11.8. The van der Waals surface area contributed by atoms with E-state index < -0.39 is 5.82 Å². The Balaban J connectivity index is 1.96. The molecule has 0 heterocycles. The van der Waals surface area contributed by atoms with E-state index in [0.717, 1.165) is 10.0 Å². The highest BCUT2D eigenvalue weighted by Gasteiger charge is 2.09. The van der Waals surface area contributed by atoms with Gasteiger partial charge in [-0.15, -0.1) is 0 Å². The summed E-state index contributed by atoms with van der Waals surface area (Å²) in [5, 5.41) is 2.72. The second-order valence-electron chi connectivity index (χ2n) is 4.37. The zero-order valence-electron chi connectivity index (χ0n) is 11.1. The molecule has 3 nitrogen and oxygen atoms in total. The Bertz CT molecular complexity index is 677. The number of ether oxygens (including phenoxy) is 1. The summed E-state index contributed by atoms with van der Waals surface area (Å²) in [5.74, 6) is -0.819. The highest BCUT2D eigenvalue weighted by atomic mass is 79.9. The molecule has 0 radical (unpaired) electrons. The van der Waals surface area contributed by atoms with Crippen LogP contribution < -0.4 is 10.1 Å². The molecule has 0 atom stereocenters. The van der Waals surface area contributed by atoms with Crippen molar-refractivity contribution in [3.63, 3.8) is 0 Å². The molecule has 6 heteroatoms. The van der Waals surface area contributed by atoms with Gasteiger partial charge in [0.2, 0.25) is 0 Å². The quantitative estimate of drug-likeness (QED) is 0.785. The second kappa shape index (κ2) is 7.04. The first-order chi connectivity index (χ1) is 9.95. The van der Waals surface area contributed by atoms with Crippen molar-refractivity contribution in [3.05, 3.63) is 56.7 Å². The summed E-state index contributed by atoms with van der Waals surface area (Å²) < 4.78 is 20.3. The minimum atomic E-state index is -0.517. The molecule has 0 spiro atoms. The maximum Gasteiger partial charge on any atom is 0.262 e. The van der Waals surface area contributed by atoms with Gasteiger partial charge in [0.15, 0.2) is 18.2 Å². The standard InChI is InChI=1S/C15H12Br2FNO2/c1-9-6-10(16)2-4-13(9)19-15(20)8-21-14-5-3-11(17)7-12(14)18/h2-7H,8H2,1H3,(H,19,20). The van der Waals surface area contributed by atoms with Crippen molar-refractivity contribution >= 4 is 43.5 Å². The number of aryl methyl sites for hydroxylation is 1. The molecule has 0 fully saturated rings. The average molecular weight is 417 g/mol. The molecule has 0 saturated heterocycles. The molecule has 21 heavy (non-hydrogen) atoms. The highest BCUT2D eigenvalue weighted by Crippen LogP contribution is 2.22. The Morgan fingerprint density at radius 1 is 1.19 bits per heavy atom. The first-order valence-electron chi connectivity index (χ1n) is 6.09. The number of anilines is 1. The van der Waals surface area contributed by atoms with E-state index in [9.17, 15) is 9.18 Å². The number of nitrogens with one attached hydrogen (secondary N) is 1. The van der Waals surface area contributed by atoms with Crippen LogP contribution in [0.25, 0.3) is 0 Å². The lowest BCUT2D eigenvalue weighted by Gasteiger charge is -2.10. The van der Waals surface area contributed by atoms with E-state index in [1.807, 2.05) is 19.1 Å². The molecule has 0 aliphatic carbocycles. The third-order valence-corrected chi connectivity index (χ3v) is 3.70. The molecule has 0 aromatic heterocycles. The zero-order chi connectivity index (χ0) is 15.4. The zero-order valence-corrected chi connectivity index (χ0v) is 14.3. The Morgan fingerprint density at radius 3 is 2.52 bits per heavy atom. The van der Waals surface area contributed by atoms with Gasteiger partial charge >= 0.3 is 0 Å². The van der Waals surface area contributed by atoms with Gasteiger partial charge in [0.1, 0.15) is 0 Å². The van der Waals surface area contributed by atoms with Gasteiger partial charge in [-0.1, -0.05) is 31.9 Å². The Morgan fingerprint density at radius 2 is 1.86 bits per heavy atom. The van der Waals surface area contributed by atoms with Crippen molar-refractivity contribution < 1.29 is 13.9 Å². The van der Waals surface area contributed by atoms with E-state index in [1.165, 1.54) is 12.1 Å². The Kier molecular flexibility index (Phi) is 5.36. The van der Waals surface area contributed by atoms with Crippen LogP contribution in [0.15, 0.2) is 45.3 Å². The lowest BCUT2D eigenvalue weighted by molar-refractivity contribution is -0.118. The van der Waals surface area contributed by atoms with Crippen LogP contribution in [-0.2, 0) is 4.79 Å². The highest BCUT2D eigenvalue weighted by molar-refractivity contribution is 9.10. The van der Waals surface area contributed by atoms with Gasteiger partial charge in [-0.2, -0.15) is 0 Å². The SMILES string of the molecule is Cc1cc(Br)ccc1NC(=O)COc1ccc(Br)cc1F. The van der Waals surface area contributed by atoms with Crippen molar-refractivity contribution in [2.45, 2.75) is 6.92 Å². The summed E-state index contributed by atoms with van der Waals surface area (Å²) in [6.07, 6.45) is 0. The van der Waals surface area contributed by atoms with E-state index in [4.69, 9.17) is 4.74 Å². The van der Waals surface area contributed by atoms with E-state index in [1.54, 1.807) is 12.1 Å². The van der Waals surface area contributed by atoms with Crippen molar-refractivity contribution in [2.24, 2.45) is 0 Å². The van der Waals surface area contributed by atoms with E-state index in [0.29, 0.717) is 10.2 Å². The number of rotatable bonds is 4. The molecule has 110 valence electrons. The lowest BCUT2D eigenvalue weighted by atomic mass is 10.2. The van der Waals surface area contributed by atoms with E-state index in [-0.39, 0.29) is 18.3 Å². The predicted molar refractivity (Wildman–Crippen MR) is 87.1 cm³/mol. The largest absolute Gasteiger partial charge is 0.481 e. The summed E-state index contributed by atoms with van der Waals surface area (Å²) >= 11 is 6.51. The van der Waals surface area contributed by atoms with Crippen molar-refractivity contribution in [1.29, 1.82) is 0 Å². The number of amides is 1. The van der Waals surface area contributed by atoms with Crippen molar-refractivity contribution in [3.8, 4) is 5.75 Å². The van der Waals surface area contributed by atoms with Crippen LogP contribution in [0.2, 0.25) is 0 Å². The minimum absolute atomic E-state index is 0.0425. The molecule has 0 aliphatic rings. The Hall–Kier alpha value is -1.40. The van der Waals surface area contributed by atoms with Gasteiger partial charge in [0.05, 0.1) is 0 Å². The molecule has 2 aromatic rings.